The maximum absolute atomic E-state index is 8.83. The van der Waals surface area contributed by atoms with Crippen molar-refractivity contribution < 1.29 is 5.11 Å². The number of rotatable bonds is 1. The maximum Gasteiger partial charge on any atom is 0.0462 e. The number of nitrogens with two attached hydrogens (primary N) is 1. The molecule has 0 saturated heterocycles. The Labute approximate surface area is 55.1 Å². The van der Waals surface area contributed by atoms with Crippen molar-refractivity contribution in [3.8, 4) is 0 Å². The minimum absolute atomic E-state index is 0.356. The summed E-state index contributed by atoms with van der Waals surface area (Å²) in [4.78, 5) is 0. The summed E-state index contributed by atoms with van der Waals surface area (Å²) in [6, 6.07) is 0.409. The van der Waals surface area contributed by atoms with Gasteiger partial charge in [-0.15, -0.1) is 0 Å². The lowest BCUT2D eigenvalue weighted by atomic mass is 10.0. The van der Waals surface area contributed by atoms with Crippen molar-refractivity contribution in [3.63, 3.8) is 0 Å². The van der Waals surface area contributed by atoms with Crippen molar-refractivity contribution in [1.29, 1.82) is 0 Å². The summed E-state index contributed by atoms with van der Waals surface area (Å²) in [6.07, 6.45) is 2.35. The van der Waals surface area contributed by atoms with Crippen LogP contribution in [0.1, 0.15) is 12.8 Å². The minimum atomic E-state index is 0.356. The summed E-state index contributed by atoms with van der Waals surface area (Å²) in [5, 5.41) is 8.83. The lowest BCUT2D eigenvalue weighted by Gasteiger charge is -2.08. The fourth-order valence-corrected chi connectivity index (χ4v) is 2.18. The number of aliphatic hydroxyl groups excluding tert-OH is 1. The van der Waals surface area contributed by atoms with Crippen LogP contribution in [0.2, 0.25) is 0 Å². The van der Waals surface area contributed by atoms with Gasteiger partial charge in [0.1, 0.15) is 0 Å². The average Bonchev–Trinajstić information content (AvgIpc) is 2.56. The van der Waals surface area contributed by atoms with Crippen LogP contribution in [0.25, 0.3) is 0 Å². The van der Waals surface area contributed by atoms with Gasteiger partial charge in [-0.25, -0.2) is 0 Å². The van der Waals surface area contributed by atoms with Gasteiger partial charge in [-0.05, 0) is 30.6 Å². The molecular weight excluding hydrogens is 114 g/mol. The van der Waals surface area contributed by atoms with Crippen LogP contribution in [-0.2, 0) is 0 Å². The number of fused-ring (bicyclic) bond motifs is 1. The molecule has 2 rings (SSSR count). The van der Waals surface area contributed by atoms with E-state index >= 15 is 0 Å². The molecule has 2 fully saturated rings. The SMILES string of the molecule is NC1CC(CO)C2CC12. The fourth-order valence-electron chi connectivity index (χ4n) is 2.18. The zero-order valence-electron chi connectivity index (χ0n) is 5.46. The van der Waals surface area contributed by atoms with Crippen LogP contribution in [0, 0.1) is 17.8 Å². The zero-order chi connectivity index (χ0) is 6.43. The molecule has 2 aliphatic carbocycles. The smallest absolute Gasteiger partial charge is 0.0462 e. The van der Waals surface area contributed by atoms with Gasteiger partial charge in [0.2, 0.25) is 0 Å². The second-order valence-corrected chi connectivity index (χ2v) is 3.41. The quantitative estimate of drug-likeness (QED) is 0.519. The summed E-state index contributed by atoms with van der Waals surface area (Å²) >= 11 is 0. The minimum Gasteiger partial charge on any atom is -0.396 e. The molecule has 0 heterocycles. The van der Waals surface area contributed by atoms with Gasteiger partial charge < -0.3 is 10.8 Å². The summed E-state index contributed by atoms with van der Waals surface area (Å²) in [5.41, 5.74) is 5.77. The molecule has 0 amide bonds. The van der Waals surface area contributed by atoms with Gasteiger partial charge in [0, 0.05) is 12.6 Å². The molecule has 3 N–H and O–H groups in total. The first-order chi connectivity index (χ1) is 4.33. The Bertz CT molecular complexity index is 126. The van der Waals surface area contributed by atoms with Crippen LogP contribution in [0.4, 0.5) is 0 Å². The van der Waals surface area contributed by atoms with E-state index in [1.165, 1.54) is 6.42 Å². The molecule has 0 radical (unpaired) electrons. The first-order valence-electron chi connectivity index (χ1n) is 3.69. The Morgan fingerprint density at radius 1 is 1.33 bits per heavy atom. The van der Waals surface area contributed by atoms with Crippen molar-refractivity contribution in [3.05, 3.63) is 0 Å². The average molecular weight is 127 g/mol. The molecule has 0 bridgehead atoms. The highest BCUT2D eigenvalue weighted by Crippen LogP contribution is 2.54. The second-order valence-electron chi connectivity index (χ2n) is 3.41. The molecule has 0 aromatic rings. The van der Waals surface area contributed by atoms with E-state index in [9.17, 15) is 0 Å². The van der Waals surface area contributed by atoms with Gasteiger partial charge in [-0.3, -0.25) is 0 Å². The molecule has 4 unspecified atom stereocenters. The van der Waals surface area contributed by atoms with E-state index in [1.54, 1.807) is 0 Å². The lowest BCUT2D eigenvalue weighted by Crippen LogP contribution is -2.20. The predicted octanol–water partition coefficient (Wildman–Crippen LogP) is -0.0380. The van der Waals surface area contributed by atoms with Gasteiger partial charge in [0.15, 0.2) is 0 Å². The molecule has 0 aromatic carbocycles. The highest BCUT2D eigenvalue weighted by molar-refractivity contribution is 5.04. The summed E-state index contributed by atoms with van der Waals surface area (Å²) in [5.74, 6) is 2.12. The van der Waals surface area contributed by atoms with Crippen molar-refractivity contribution in [1.82, 2.24) is 0 Å². The van der Waals surface area contributed by atoms with Crippen molar-refractivity contribution in [2.24, 2.45) is 23.5 Å². The Morgan fingerprint density at radius 2 is 2.11 bits per heavy atom. The van der Waals surface area contributed by atoms with E-state index in [0.29, 0.717) is 18.6 Å². The highest BCUT2D eigenvalue weighted by Gasteiger charge is 2.52. The number of hydrogen-bond acceptors (Lipinski definition) is 2. The first-order valence-corrected chi connectivity index (χ1v) is 3.69. The van der Waals surface area contributed by atoms with Gasteiger partial charge >= 0.3 is 0 Å². The van der Waals surface area contributed by atoms with Crippen molar-refractivity contribution >= 4 is 0 Å². The molecule has 0 aliphatic heterocycles. The molecule has 52 valence electrons. The van der Waals surface area contributed by atoms with E-state index in [1.807, 2.05) is 0 Å². The predicted molar refractivity (Wildman–Crippen MR) is 34.8 cm³/mol. The van der Waals surface area contributed by atoms with Crippen LogP contribution in [0.3, 0.4) is 0 Å². The Kier molecular flexibility index (Phi) is 1.08. The topological polar surface area (TPSA) is 46.2 Å². The number of hydrogen-bond donors (Lipinski definition) is 2. The van der Waals surface area contributed by atoms with E-state index in [0.717, 1.165) is 18.3 Å². The first kappa shape index (κ1) is 5.69. The molecule has 9 heavy (non-hydrogen) atoms. The standard InChI is InChI=1S/C7H13NO/c8-7-1-4(3-9)5-2-6(5)7/h4-7,9H,1-3,8H2. The van der Waals surface area contributed by atoms with Crippen molar-refractivity contribution in [2.45, 2.75) is 18.9 Å². The van der Waals surface area contributed by atoms with Crippen LogP contribution < -0.4 is 5.73 Å². The third kappa shape index (κ3) is 0.700. The Morgan fingerprint density at radius 3 is 2.33 bits per heavy atom. The van der Waals surface area contributed by atoms with Crippen LogP contribution in [0.5, 0.6) is 0 Å². The molecule has 2 aliphatic rings. The third-order valence-corrected chi connectivity index (χ3v) is 2.86. The van der Waals surface area contributed by atoms with Crippen LogP contribution in [0.15, 0.2) is 0 Å². The summed E-state index contributed by atoms with van der Waals surface area (Å²) in [7, 11) is 0. The van der Waals surface area contributed by atoms with E-state index in [2.05, 4.69) is 0 Å². The lowest BCUT2D eigenvalue weighted by molar-refractivity contribution is 0.213. The molecule has 0 aromatic heterocycles. The van der Waals surface area contributed by atoms with Gasteiger partial charge in [-0.2, -0.15) is 0 Å². The fraction of sp³-hybridized carbons (Fsp3) is 1.00. The number of aliphatic hydroxyl groups is 1. The van der Waals surface area contributed by atoms with E-state index < -0.39 is 0 Å². The third-order valence-electron chi connectivity index (χ3n) is 2.86. The van der Waals surface area contributed by atoms with Gasteiger partial charge in [0.05, 0.1) is 0 Å². The normalized spacial score (nSPS) is 55.3. The van der Waals surface area contributed by atoms with Gasteiger partial charge in [-0.1, -0.05) is 0 Å². The second kappa shape index (κ2) is 1.70. The van der Waals surface area contributed by atoms with E-state index in [4.69, 9.17) is 10.8 Å². The van der Waals surface area contributed by atoms with Gasteiger partial charge in [0.25, 0.3) is 0 Å². The Hall–Kier alpha value is -0.0800. The van der Waals surface area contributed by atoms with Crippen LogP contribution >= 0.6 is 0 Å². The molecule has 0 spiro atoms. The van der Waals surface area contributed by atoms with Crippen molar-refractivity contribution in [2.75, 3.05) is 6.61 Å². The van der Waals surface area contributed by atoms with E-state index in [-0.39, 0.29) is 0 Å². The zero-order valence-corrected chi connectivity index (χ0v) is 5.46. The Balaban J connectivity index is 2.00. The molecule has 4 atom stereocenters. The molecule has 2 nitrogen and oxygen atoms in total. The molecule has 2 heteroatoms. The maximum atomic E-state index is 8.83. The summed E-state index contributed by atoms with van der Waals surface area (Å²) < 4.78 is 0. The molecular formula is C7H13NO. The summed E-state index contributed by atoms with van der Waals surface area (Å²) in [6.45, 7) is 0.356. The molecule has 2 saturated carbocycles. The monoisotopic (exact) mass is 127 g/mol. The van der Waals surface area contributed by atoms with Crippen LogP contribution in [-0.4, -0.2) is 17.8 Å². The largest absolute Gasteiger partial charge is 0.396 e. The highest BCUT2D eigenvalue weighted by atomic mass is 16.3.